The van der Waals surface area contributed by atoms with E-state index in [1.54, 1.807) is 0 Å². The quantitative estimate of drug-likeness (QED) is 0.615. The Hall–Kier alpha value is -2.16. The number of nitrogens with two attached hydrogens (primary N) is 1. The second kappa shape index (κ2) is 6.69. The number of ether oxygens (including phenoxy) is 1. The van der Waals surface area contributed by atoms with Gasteiger partial charge in [0.1, 0.15) is 12.4 Å². The smallest absolute Gasteiger partial charge is 0.122 e. The van der Waals surface area contributed by atoms with Gasteiger partial charge in [-0.25, -0.2) is 0 Å². The first-order valence-electron chi connectivity index (χ1n) is 6.60. The molecule has 0 unspecified atom stereocenters. The van der Waals surface area contributed by atoms with E-state index in [4.69, 9.17) is 10.5 Å². The zero-order valence-electron chi connectivity index (χ0n) is 11.2. The Balaban J connectivity index is 1.83. The summed E-state index contributed by atoms with van der Waals surface area (Å²) in [5, 5.41) is 3.27. The number of aryl methyl sites for hydroxylation is 1. The topological polar surface area (TPSA) is 47.3 Å². The fourth-order valence-electron chi connectivity index (χ4n) is 1.94. The van der Waals surface area contributed by atoms with Gasteiger partial charge in [-0.3, -0.25) is 0 Å². The van der Waals surface area contributed by atoms with E-state index in [0.717, 1.165) is 30.1 Å². The van der Waals surface area contributed by atoms with Gasteiger partial charge in [0.15, 0.2) is 0 Å². The van der Waals surface area contributed by atoms with E-state index in [1.165, 1.54) is 5.56 Å². The van der Waals surface area contributed by atoms with Crippen LogP contribution in [0.4, 0.5) is 11.4 Å². The Labute approximate surface area is 114 Å². The fourth-order valence-corrected chi connectivity index (χ4v) is 1.94. The lowest BCUT2D eigenvalue weighted by atomic mass is 10.1. The predicted octanol–water partition coefficient (Wildman–Crippen LogP) is 3.32. The van der Waals surface area contributed by atoms with Crippen LogP contribution in [0.2, 0.25) is 0 Å². The van der Waals surface area contributed by atoms with Crippen molar-refractivity contribution in [3.8, 4) is 5.75 Å². The van der Waals surface area contributed by atoms with Crippen LogP contribution in [-0.4, -0.2) is 13.2 Å². The van der Waals surface area contributed by atoms with Gasteiger partial charge in [0.05, 0.1) is 11.4 Å². The third-order valence-electron chi connectivity index (χ3n) is 2.99. The van der Waals surface area contributed by atoms with Crippen LogP contribution in [0.25, 0.3) is 0 Å². The number of nitrogens with one attached hydrogen (secondary N) is 1. The molecule has 2 rings (SSSR count). The van der Waals surface area contributed by atoms with Crippen molar-refractivity contribution >= 4 is 11.4 Å². The highest BCUT2D eigenvalue weighted by Crippen LogP contribution is 2.19. The minimum absolute atomic E-state index is 0.616. The highest BCUT2D eigenvalue weighted by atomic mass is 16.5. The molecule has 0 saturated heterocycles. The molecule has 100 valence electrons. The minimum Gasteiger partial charge on any atom is -0.491 e. The van der Waals surface area contributed by atoms with Gasteiger partial charge in [-0.2, -0.15) is 0 Å². The van der Waals surface area contributed by atoms with Crippen LogP contribution in [0.5, 0.6) is 5.75 Å². The molecular formula is C16H20N2O. The molecule has 0 aromatic heterocycles. The molecule has 0 radical (unpaired) electrons. The molecule has 3 nitrogen and oxygen atoms in total. The summed E-state index contributed by atoms with van der Waals surface area (Å²) in [5.74, 6) is 0.966. The predicted molar refractivity (Wildman–Crippen MR) is 80.7 cm³/mol. The number of rotatable bonds is 6. The van der Waals surface area contributed by atoms with Crippen molar-refractivity contribution in [2.24, 2.45) is 0 Å². The molecule has 0 aliphatic rings. The normalized spacial score (nSPS) is 10.2. The van der Waals surface area contributed by atoms with Crippen molar-refractivity contribution in [3.63, 3.8) is 0 Å². The second-order valence-electron chi connectivity index (χ2n) is 4.32. The van der Waals surface area contributed by atoms with Gasteiger partial charge in [0, 0.05) is 6.54 Å². The first-order chi connectivity index (χ1) is 9.31. The highest BCUT2D eigenvalue weighted by Gasteiger charge is 2.00. The minimum atomic E-state index is 0.616. The van der Waals surface area contributed by atoms with Gasteiger partial charge in [-0.15, -0.1) is 0 Å². The van der Waals surface area contributed by atoms with E-state index in [2.05, 4.69) is 18.3 Å². The van der Waals surface area contributed by atoms with Crippen LogP contribution in [0.15, 0.2) is 48.5 Å². The molecule has 0 saturated carbocycles. The molecule has 2 aromatic carbocycles. The van der Waals surface area contributed by atoms with Crippen molar-refractivity contribution in [1.82, 2.24) is 0 Å². The molecule has 0 aliphatic heterocycles. The zero-order chi connectivity index (χ0) is 13.5. The number of nitrogen functional groups attached to an aromatic ring is 1. The van der Waals surface area contributed by atoms with Crippen molar-refractivity contribution < 1.29 is 4.74 Å². The summed E-state index contributed by atoms with van der Waals surface area (Å²) < 4.78 is 5.79. The highest BCUT2D eigenvalue weighted by molar-refractivity contribution is 5.65. The lowest BCUT2D eigenvalue weighted by Gasteiger charge is -2.12. The van der Waals surface area contributed by atoms with Gasteiger partial charge in [0.2, 0.25) is 0 Å². The van der Waals surface area contributed by atoms with Crippen molar-refractivity contribution in [1.29, 1.82) is 0 Å². The average molecular weight is 256 g/mol. The summed E-state index contributed by atoms with van der Waals surface area (Å²) in [6, 6.07) is 15.9. The molecule has 19 heavy (non-hydrogen) atoms. The average Bonchev–Trinajstić information content (AvgIpc) is 2.45. The Morgan fingerprint density at radius 3 is 2.58 bits per heavy atom. The maximum Gasteiger partial charge on any atom is 0.122 e. The van der Waals surface area contributed by atoms with E-state index in [9.17, 15) is 0 Å². The third-order valence-corrected chi connectivity index (χ3v) is 2.99. The Morgan fingerprint density at radius 2 is 1.79 bits per heavy atom. The van der Waals surface area contributed by atoms with E-state index in [1.807, 2.05) is 42.5 Å². The monoisotopic (exact) mass is 256 g/mol. The Morgan fingerprint density at radius 1 is 1.05 bits per heavy atom. The summed E-state index contributed by atoms with van der Waals surface area (Å²) in [5.41, 5.74) is 8.81. The largest absolute Gasteiger partial charge is 0.491 e. The molecular weight excluding hydrogens is 236 g/mol. The van der Waals surface area contributed by atoms with Gasteiger partial charge < -0.3 is 15.8 Å². The van der Waals surface area contributed by atoms with E-state index >= 15 is 0 Å². The van der Waals surface area contributed by atoms with Gasteiger partial charge in [-0.05, 0) is 30.2 Å². The summed E-state index contributed by atoms with van der Waals surface area (Å²) in [4.78, 5) is 0. The Kier molecular flexibility index (Phi) is 4.67. The van der Waals surface area contributed by atoms with Crippen molar-refractivity contribution in [3.05, 3.63) is 54.1 Å². The summed E-state index contributed by atoms with van der Waals surface area (Å²) >= 11 is 0. The van der Waals surface area contributed by atoms with Crippen LogP contribution in [-0.2, 0) is 6.42 Å². The molecule has 0 atom stereocenters. The number of para-hydroxylation sites is 3. The Bertz CT molecular complexity index is 526. The van der Waals surface area contributed by atoms with Crippen molar-refractivity contribution in [2.75, 3.05) is 24.2 Å². The maximum atomic E-state index is 5.86. The maximum absolute atomic E-state index is 5.86. The number of benzene rings is 2. The van der Waals surface area contributed by atoms with Gasteiger partial charge in [0.25, 0.3) is 0 Å². The second-order valence-corrected chi connectivity index (χ2v) is 4.32. The molecule has 0 heterocycles. The molecule has 0 aliphatic carbocycles. The first kappa shape index (κ1) is 13.3. The van der Waals surface area contributed by atoms with Crippen LogP contribution in [0, 0.1) is 0 Å². The molecule has 0 spiro atoms. The number of hydrogen-bond donors (Lipinski definition) is 2. The lowest BCUT2D eigenvalue weighted by Crippen LogP contribution is -2.13. The van der Waals surface area contributed by atoms with Crippen LogP contribution in [0.3, 0.4) is 0 Å². The number of anilines is 2. The standard InChI is InChI=1S/C16H20N2O/c1-2-13-7-3-6-10-16(13)19-12-11-18-15-9-5-4-8-14(15)17/h3-10,18H,2,11-12,17H2,1H3. The molecule has 0 bridgehead atoms. The van der Waals surface area contributed by atoms with Gasteiger partial charge >= 0.3 is 0 Å². The summed E-state index contributed by atoms with van der Waals surface area (Å²) in [7, 11) is 0. The summed E-state index contributed by atoms with van der Waals surface area (Å²) in [6.45, 7) is 3.47. The zero-order valence-corrected chi connectivity index (χ0v) is 11.2. The fraction of sp³-hybridized carbons (Fsp3) is 0.250. The van der Waals surface area contributed by atoms with Crippen LogP contribution < -0.4 is 15.8 Å². The van der Waals surface area contributed by atoms with E-state index in [-0.39, 0.29) is 0 Å². The lowest BCUT2D eigenvalue weighted by molar-refractivity contribution is 0.329. The van der Waals surface area contributed by atoms with Crippen molar-refractivity contribution in [2.45, 2.75) is 13.3 Å². The van der Waals surface area contributed by atoms with E-state index in [0.29, 0.717) is 6.61 Å². The van der Waals surface area contributed by atoms with Gasteiger partial charge in [-0.1, -0.05) is 37.3 Å². The third kappa shape index (κ3) is 3.65. The first-order valence-corrected chi connectivity index (χ1v) is 6.60. The molecule has 3 heteroatoms. The molecule has 0 fully saturated rings. The SMILES string of the molecule is CCc1ccccc1OCCNc1ccccc1N. The number of hydrogen-bond acceptors (Lipinski definition) is 3. The molecule has 2 aromatic rings. The van der Waals surface area contributed by atoms with E-state index < -0.39 is 0 Å². The molecule has 3 N–H and O–H groups in total. The molecule has 0 amide bonds. The summed E-state index contributed by atoms with van der Waals surface area (Å²) in [6.07, 6.45) is 0.981. The van der Waals surface area contributed by atoms with Crippen LogP contribution in [0.1, 0.15) is 12.5 Å². The van der Waals surface area contributed by atoms with Crippen LogP contribution >= 0.6 is 0 Å².